The zero-order valence-corrected chi connectivity index (χ0v) is 26.9. The van der Waals surface area contributed by atoms with Gasteiger partial charge >= 0.3 is 0 Å². The van der Waals surface area contributed by atoms with Gasteiger partial charge < -0.3 is 29.5 Å². The van der Waals surface area contributed by atoms with Crippen LogP contribution in [0.4, 0.5) is 0 Å². The fraction of sp³-hybridized carbons (Fsp3) is 0.943. The van der Waals surface area contributed by atoms with E-state index in [2.05, 4.69) is 47.6 Å². The first kappa shape index (κ1) is 31.9. The topological polar surface area (TPSA) is 88.4 Å². The normalized spacial score (nSPS) is 47.7. The number of fused-ring (bicyclic) bond motifs is 5. The van der Waals surface area contributed by atoms with Crippen molar-refractivity contribution in [1.29, 1.82) is 0 Å². The SMILES string of the molecule is CC[C@H](CC[C@@H](C)[C@H]1CC[C@H]2[C@@H]3CC=C4C[C@@H](O[C@@H]5O[C@H](OC)[C@@H](O)[C@H](O)[C@H]5O)CC[C@]4(C)[C@H]3CC[C@]12C)C(C)C. The van der Waals surface area contributed by atoms with Crippen LogP contribution in [-0.4, -0.2) is 59.4 Å². The third kappa shape index (κ3) is 5.73. The predicted molar refractivity (Wildman–Crippen MR) is 161 cm³/mol. The number of hydrogen-bond acceptors (Lipinski definition) is 6. The Bertz CT molecular complexity index is 918. The lowest BCUT2D eigenvalue weighted by molar-refractivity contribution is -0.353. The van der Waals surface area contributed by atoms with Crippen LogP contribution in [0.15, 0.2) is 11.6 Å². The standard InChI is InChI=1S/C35H60O6/c1-8-22(20(2)3)10-9-21(4)26-13-14-27-25-12-11-23-19-24(15-17-34(23,5)28(25)16-18-35(26,27)6)40-33-31(38)29(36)30(37)32(39-7)41-33/h11,20-22,24-33,36-38H,8-10,12-19H2,1-7H3/t21-,22-,24+,25+,26-,27+,28+,29+,30+,31-,32+,33-,34+,35-/m1/s1. The third-order valence-corrected chi connectivity index (χ3v) is 13.4. The molecule has 5 aliphatic rings. The minimum atomic E-state index is -1.36. The van der Waals surface area contributed by atoms with Crippen molar-refractivity contribution in [3.05, 3.63) is 11.6 Å². The molecule has 41 heavy (non-hydrogen) atoms. The second-order valence-corrected chi connectivity index (χ2v) is 15.5. The summed E-state index contributed by atoms with van der Waals surface area (Å²) in [5.41, 5.74) is 2.23. The number of aliphatic hydroxyl groups is 3. The van der Waals surface area contributed by atoms with E-state index in [-0.39, 0.29) is 11.5 Å². The molecule has 0 bridgehead atoms. The van der Waals surface area contributed by atoms with Crippen molar-refractivity contribution >= 4 is 0 Å². The fourth-order valence-electron chi connectivity index (χ4n) is 10.7. The van der Waals surface area contributed by atoms with Gasteiger partial charge in [0.25, 0.3) is 0 Å². The van der Waals surface area contributed by atoms with Crippen molar-refractivity contribution in [2.75, 3.05) is 7.11 Å². The molecule has 0 aromatic heterocycles. The van der Waals surface area contributed by atoms with Crippen molar-refractivity contribution in [2.45, 2.75) is 149 Å². The van der Waals surface area contributed by atoms with E-state index in [1.165, 1.54) is 64.0 Å². The molecule has 4 aliphatic carbocycles. The molecule has 4 fully saturated rings. The average molecular weight is 577 g/mol. The summed E-state index contributed by atoms with van der Waals surface area (Å²) in [6, 6.07) is 0. The Hall–Kier alpha value is -0.500. The maximum atomic E-state index is 10.5. The molecule has 14 atom stereocenters. The summed E-state index contributed by atoms with van der Waals surface area (Å²) in [6.07, 6.45) is 10.2. The second-order valence-electron chi connectivity index (χ2n) is 15.5. The molecule has 0 aromatic carbocycles. The van der Waals surface area contributed by atoms with E-state index in [9.17, 15) is 15.3 Å². The van der Waals surface area contributed by atoms with Gasteiger partial charge in [0.1, 0.15) is 18.3 Å². The molecule has 0 unspecified atom stereocenters. The van der Waals surface area contributed by atoms with E-state index in [0.29, 0.717) is 5.41 Å². The summed E-state index contributed by atoms with van der Waals surface area (Å²) in [5, 5.41) is 30.9. The van der Waals surface area contributed by atoms with Gasteiger partial charge in [-0.25, -0.2) is 0 Å². The number of allylic oxidation sites excluding steroid dienone is 1. The number of methoxy groups -OCH3 is 1. The first-order valence-electron chi connectivity index (χ1n) is 17.0. The molecule has 1 saturated heterocycles. The van der Waals surface area contributed by atoms with Crippen LogP contribution >= 0.6 is 0 Å². The van der Waals surface area contributed by atoms with E-state index >= 15 is 0 Å². The van der Waals surface area contributed by atoms with Crippen LogP contribution in [0.1, 0.15) is 112 Å². The summed E-state index contributed by atoms with van der Waals surface area (Å²) in [6.45, 7) is 14.9. The minimum Gasteiger partial charge on any atom is -0.387 e. The Labute approximate surface area is 249 Å². The summed E-state index contributed by atoms with van der Waals surface area (Å²) in [4.78, 5) is 0. The summed E-state index contributed by atoms with van der Waals surface area (Å²) in [5.74, 6) is 5.72. The molecule has 236 valence electrons. The number of aliphatic hydroxyl groups excluding tert-OH is 3. The maximum Gasteiger partial charge on any atom is 0.189 e. The molecule has 1 aliphatic heterocycles. The Morgan fingerprint density at radius 1 is 0.927 bits per heavy atom. The molecule has 3 saturated carbocycles. The first-order valence-corrected chi connectivity index (χ1v) is 17.0. The van der Waals surface area contributed by atoms with Gasteiger partial charge in [-0.15, -0.1) is 0 Å². The lowest BCUT2D eigenvalue weighted by Crippen LogP contribution is -2.59. The highest BCUT2D eigenvalue weighted by Gasteiger charge is 2.59. The van der Waals surface area contributed by atoms with Gasteiger partial charge in [0.2, 0.25) is 0 Å². The largest absolute Gasteiger partial charge is 0.387 e. The Kier molecular flexibility index (Phi) is 9.71. The van der Waals surface area contributed by atoms with Gasteiger partial charge in [0, 0.05) is 7.11 Å². The van der Waals surface area contributed by atoms with Crippen LogP contribution in [0.25, 0.3) is 0 Å². The predicted octanol–water partition coefficient (Wildman–Crippen LogP) is 6.46. The van der Waals surface area contributed by atoms with Crippen LogP contribution in [0.3, 0.4) is 0 Å². The Balaban J connectivity index is 1.24. The van der Waals surface area contributed by atoms with Gasteiger partial charge in [0.15, 0.2) is 12.6 Å². The van der Waals surface area contributed by atoms with E-state index in [4.69, 9.17) is 14.2 Å². The fourth-order valence-corrected chi connectivity index (χ4v) is 10.7. The van der Waals surface area contributed by atoms with Crippen molar-refractivity contribution in [3.63, 3.8) is 0 Å². The maximum absolute atomic E-state index is 10.5. The smallest absolute Gasteiger partial charge is 0.189 e. The van der Waals surface area contributed by atoms with E-state index in [1.807, 2.05) is 0 Å². The molecular weight excluding hydrogens is 516 g/mol. The Morgan fingerprint density at radius 2 is 1.66 bits per heavy atom. The zero-order chi connectivity index (χ0) is 29.7. The molecule has 1 heterocycles. The van der Waals surface area contributed by atoms with Gasteiger partial charge in [-0.05, 0) is 110 Å². The van der Waals surface area contributed by atoms with Crippen LogP contribution in [0.2, 0.25) is 0 Å². The van der Waals surface area contributed by atoms with Gasteiger partial charge in [-0.1, -0.05) is 66.0 Å². The van der Waals surface area contributed by atoms with Crippen LogP contribution in [-0.2, 0) is 14.2 Å². The number of hydrogen-bond donors (Lipinski definition) is 3. The van der Waals surface area contributed by atoms with Crippen LogP contribution < -0.4 is 0 Å². The van der Waals surface area contributed by atoms with Gasteiger partial charge in [-0.3, -0.25) is 0 Å². The quantitative estimate of drug-likeness (QED) is 0.273. The van der Waals surface area contributed by atoms with Gasteiger partial charge in [0.05, 0.1) is 6.10 Å². The average Bonchev–Trinajstić information content (AvgIpc) is 3.30. The van der Waals surface area contributed by atoms with Crippen molar-refractivity contribution in [2.24, 2.45) is 52.3 Å². The lowest BCUT2D eigenvalue weighted by atomic mass is 9.47. The molecule has 0 radical (unpaired) electrons. The summed E-state index contributed by atoms with van der Waals surface area (Å²) < 4.78 is 17.1. The molecule has 0 aromatic rings. The highest BCUT2D eigenvalue weighted by molar-refractivity contribution is 5.25. The monoisotopic (exact) mass is 576 g/mol. The molecule has 0 spiro atoms. The number of ether oxygens (including phenoxy) is 3. The van der Waals surface area contributed by atoms with E-state index < -0.39 is 30.9 Å². The van der Waals surface area contributed by atoms with Crippen molar-refractivity contribution in [3.8, 4) is 0 Å². The Morgan fingerprint density at radius 3 is 2.34 bits per heavy atom. The van der Waals surface area contributed by atoms with Crippen LogP contribution in [0.5, 0.6) is 0 Å². The van der Waals surface area contributed by atoms with E-state index in [0.717, 1.165) is 60.7 Å². The molecule has 5 rings (SSSR count). The molecule has 6 heteroatoms. The third-order valence-electron chi connectivity index (χ3n) is 13.4. The minimum absolute atomic E-state index is 0.0752. The molecule has 3 N–H and O–H groups in total. The molecule has 6 nitrogen and oxygen atoms in total. The molecule has 0 amide bonds. The van der Waals surface area contributed by atoms with Gasteiger partial charge in [-0.2, -0.15) is 0 Å². The molecular formula is C35H60O6. The zero-order valence-electron chi connectivity index (χ0n) is 26.9. The van der Waals surface area contributed by atoms with E-state index in [1.54, 1.807) is 0 Å². The summed E-state index contributed by atoms with van der Waals surface area (Å²) in [7, 11) is 1.42. The second kappa shape index (κ2) is 12.5. The number of rotatable bonds is 9. The highest BCUT2D eigenvalue weighted by atomic mass is 16.8. The summed E-state index contributed by atoms with van der Waals surface area (Å²) >= 11 is 0. The van der Waals surface area contributed by atoms with Crippen molar-refractivity contribution in [1.82, 2.24) is 0 Å². The lowest BCUT2D eigenvalue weighted by Gasteiger charge is -2.58. The van der Waals surface area contributed by atoms with Crippen LogP contribution in [0, 0.1) is 52.3 Å². The van der Waals surface area contributed by atoms with Crippen molar-refractivity contribution < 1.29 is 29.5 Å². The first-order chi connectivity index (χ1) is 19.4. The highest BCUT2D eigenvalue weighted by Crippen LogP contribution is 2.67.